The van der Waals surface area contributed by atoms with Gasteiger partial charge in [0.2, 0.25) is 0 Å². The molecule has 0 saturated heterocycles. The zero-order chi connectivity index (χ0) is 68.3. The fourth-order valence-electron chi connectivity index (χ4n) is 10.7. The maximum Gasteiger partial charge on any atom is 0.104 e. The third-order valence-corrected chi connectivity index (χ3v) is 17.1. The first kappa shape index (κ1) is 91.4. The lowest BCUT2D eigenvalue weighted by Gasteiger charge is -2.32. The topological polar surface area (TPSA) is 8.88 Å². The Balaban J connectivity index is -0.000000480. The summed E-state index contributed by atoms with van der Waals surface area (Å²) in [6.07, 6.45) is 26.0. The van der Waals surface area contributed by atoms with Crippen LogP contribution in [0.2, 0.25) is 0 Å². The summed E-state index contributed by atoms with van der Waals surface area (Å²) >= 11 is 0. The third-order valence-electron chi connectivity index (χ3n) is 17.1. The Hall–Kier alpha value is -2.06. The Morgan fingerprint density at radius 3 is 1.00 bits per heavy atom. The van der Waals surface area contributed by atoms with Gasteiger partial charge in [-0.05, 0) is 147 Å². The van der Waals surface area contributed by atoms with Gasteiger partial charge in [0, 0.05) is 5.56 Å². The predicted octanol–water partition coefficient (Wildman–Crippen LogP) is 18.9. The van der Waals surface area contributed by atoms with Crippen LogP contribution >= 0.6 is 0 Å². The van der Waals surface area contributed by atoms with E-state index in [1.807, 2.05) is 6.08 Å². The number of hydrogen-bond acceptors (Lipinski definition) is 0. The first-order valence-corrected chi connectivity index (χ1v) is 36.2. The Kier molecular flexibility index (Phi) is 49.3. The zero-order valence-corrected chi connectivity index (χ0v) is 66.1. The lowest BCUT2D eigenvalue weighted by atomic mass is 9.80. The van der Waals surface area contributed by atoms with Gasteiger partial charge in [-0.15, -0.1) is 0 Å². The molecule has 2 atom stereocenters. The minimum Gasteiger partial charge on any atom is -0.338 e. The van der Waals surface area contributed by atoms with Crippen LogP contribution in [0.25, 0.3) is 0 Å². The highest BCUT2D eigenvalue weighted by Crippen LogP contribution is 2.29. The Bertz CT molecular complexity index is 1840. The monoisotopic (exact) mass is 1230 g/mol. The standard InChI is InChI=1S/C18H32N.C16H28N.C13H30N.C12H26N.C12H27N.C10H23N/c1-6-7-15-19(4,5)16-11-14-18(2,3)17-12-9-8-10-13-17;1-16(2,3)12-9-13-17(4,5)14-15-10-7-6-8-11-15;1-7-8-11-14(5,6)12-9-10-13(2,3)4;1-7-10-13(5,6)11-8-9-12(2,3)4;1-6-7-10-13(5)11-8-9-12(2,3)4;1-6-11(5)9-7-8-10(2,3)4/h8-10,12-13H,6-7,11,14-16H2,1-5H3;6-8,10-11H,9,12-14H2,1-5H3;7-12H2,1-6H3;7H,1,8-11H2,2-6H3;6-11H2,1-5H3;6-9H2,1-5H3/q4*+1;;/p+2. The van der Waals surface area contributed by atoms with Crippen molar-refractivity contribution in [3.63, 3.8) is 0 Å². The lowest BCUT2D eigenvalue weighted by Crippen LogP contribution is -3.09. The average Bonchev–Trinajstić information content (AvgIpc) is 3.57. The number of benzene rings is 2. The smallest absolute Gasteiger partial charge is 0.104 e. The van der Waals surface area contributed by atoms with E-state index in [0.717, 1.165) is 22.1 Å². The number of rotatable bonds is 34. The van der Waals surface area contributed by atoms with E-state index in [2.05, 4.69) is 283 Å². The first-order chi connectivity index (χ1) is 39.6. The van der Waals surface area contributed by atoms with Gasteiger partial charge in [0.05, 0.1) is 142 Å². The van der Waals surface area contributed by atoms with E-state index in [4.69, 9.17) is 0 Å². The quantitative estimate of drug-likeness (QED) is 0.0510. The molecule has 2 aromatic rings. The molecule has 516 valence electrons. The van der Waals surface area contributed by atoms with Gasteiger partial charge < -0.3 is 27.7 Å². The van der Waals surface area contributed by atoms with Gasteiger partial charge in [0.1, 0.15) is 6.54 Å². The van der Waals surface area contributed by atoms with Crippen LogP contribution in [0.5, 0.6) is 0 Å². The van der Waals surface area contributed by atoms with E-state index in [0.29, 0.717) is 32.5 Å². The molecule has 0 aliphatic carbocycles. The van der Waals surface area contributed by atoms with Gasteiger partial charge in [-0.3, -0.25) is 0 Å². The number of nitrogens with one attached hydrogen (secondary N) is 2. The minimum absolute atomic E-state index is 0.298. The fourth-order valence-corrected chi connectivity index (χ4v) is 10.7. The average molecular weight is 1230 g/mol. The van der Waals surface area contributed by atoms with E-state index in [1.165, 1.54) is 201 Å². The van der Waals surface area contributed by atoms with Crippen molar-refractivity contribution in [1.29, 1.82) is 0 Å². The van der Waals surface area contributed by atoms with E-state index in [1.54, 1.807) is 9.80 Å². The van der Waals surface area contributed by atoms with Gasteiger partial charge in [0.25, 0.3) is 0 Å². The summed E-state index contributed by atoms with van der Waals surface area (Å²) in [7, 11) is 23.2. The number of quaternary nitrogens is 6. The van der Waals surface area contributed by atoms with Crippen molar-refractivity contribution in [3.8, 4) is 0 Å². The van der Waals surface area contributed by atoms with E-state index in [-0.39, 0.29) is 0 Å². The summed E-state index contributed by atoms with van der Waals surface area (Å²) in [5, 5.41) is 0. The largest absolute Gasteiger partial charge is 0.338 e. The molecular weight excluding hydrogens is 1060 g/mol. The van der Waals surface area contributed by atoms with Crippen LogP contribution in [0.3, 0.4) is 0 Å². The molecule has 2 aromatic carbocycles. The molecule has 0 saturated carbocycles. The van der Waals surface area contributed by atoms with Crippen LogP contribution in [0.1, 0.15) is 272 Å². The molecule has 0 aromatic heterocycles. The van der Waals surface area contributed by atoms with Crippen molar-refractivity contribution in [2.75, 3.05) is 142 Å². The van der Waals surface area contributed by atoms with Gasteiger partial charge in [-0.1, -0.05) is 225 Å². The number of unbranched alkanes of at least 4 members (excludes halogenated alkanes) is 3. The molecule has 2 rings (SSSR count). The van der Waals surface area contributed by atoms with Gasteiger partial charge in [0.15, 0.2) is 0 Å². The van der Waals surface area contributed by atoms with E-state index >= 15 is 0 Å². The molecule has 87 heavy (non-hydrogen) atoms. The van der Waals surface area contributed by atoms with Crippen molar-refractivity contribution in [2.45, 2.75) is 273 Å². The highest BCUT2D eigenvalue weighted by molar-refractivity contribution is 5.23. The molecule has 6 nitrogen and oxygen atoms in total. The molecule has 0 aliphatic rings. The molecule has 0 fully saturated rings. The molecule has 2 unspecified atom stereocenters. The summed E-state index contributed by atoms with van der Waals surface area (Å²) in [5.74, 6) is 0. The molecule has 0 heterocycles. The minimum atomic E-state index is 0.298. The SMILES string of the molecule is C=CC[N+](C)(C)CCCC(C)(C)C.CC(C)(C)CCC[N+](C)(C)Cc1ccccc1.CCCC[N+](C)(C)CCCC(C)(C)C.CCCC[N+](C)(C)CCCC(C)(C)c1ccccc1.CCCC[NH+](C)CCCC(C)(C)C.CC[NH+](C)CCCC(C)(C)C. The molecule has 0 spiro atoms. The summed E-state index contributed by atoms with van der Waals surface area (Å²) in [4.78, 5) is 3.35. The third kappa shape index (κ3) is 68.1. The van der Waals surface area contributed by atoms with Crippen LogP contribution in [0.15, 0.2) is 73.3 Å². The Morgan fingerprint density at radius 1 is 0.356 bits per heavy atom. The van der Waals surface area contributed by atoms with Crippen molar-refractivity contribution in [2.24, 2.45) is 27.1 Å². The fraction of sp³-hybridized carbons (Fsp3) is 0.827. The molecule has 2 N–H and O–H groups in total. The van der Waals surface area contributed by atoms with Crippen molar-refractivity contribution in [1.82, 2.24) is 0 Å². The Morgan fingerprint density at radius 2 is 0.655 bits per heavy atom. The summed E-state index contributed by atoms with van der Waals surface area (Å²) in [6, 6.07) is 21.7. The second kappa shape index (κ2) is 46.9. The summed E-state index contributed by atoms with van der Waals surface area (Å²) in [6.45, 7) is 67.6. The summed E-state index contributed by atoms with van der Waals surface area (Å²) in [5.41, 5.74) is 5.69. The lowest BCUT2D eigenvalue weighted by molar-refractivity contribution is -0.903. The number of likely N-dealkylation sites (N-methyl/N-ethyl adjacent to an activating group) is 1. The number of hydrogen-bond donors (Lipinski definition) is 2. The van der Waals surface area contributed by atoms with E-state index < -0.39 is 0 Å². The predicted molar refractivity (Wildman–Crippen MR) is 399 cm³/mol. The molecular formula is C81H168N6+6. The first-order valence-electron chi connectivity index (χ1n) is 36.2. The second-order valence-electron chi connectivity index (χ2n) is 36.5. The van der Waals surface area contributed by atoms with Crippen LogP contribution < -0.4 is 9.80 Å². The van der Waals surface area contributed by atoms with Crippen LogP contribution in [-0.4, -0.2) is 160 Å². The molecule has 0 amide bonds. The van der Waals surface area contributed by atoms with Gasteiger partial charge >= 0.3 is 0 Å². The van der Waals surface area contributed by atoms with Crippen molar-refractivity contribution in [3.05, 3.63) is 84.4 Å². The highest BCUT2D eigenvalue weighted by atomic mass is 15.3. The normalized spacial score (nSPS) is 13.4. The molecule has 6 heteroatoms. The van der Waals surface area contributed by atoms with Crippen molar-refractivity contribution >= 4 is 0 Å². The Labute approximate surface area is 551 Å². The van der Waals surface area contributed by atoms with Crippen LogP contribution in [-0.2, 0) is 12.0 Å². The maximum atomic E-state index is 3.79. The van der Waals surface area contributed by atoms with Crippen LogP contribution in [0, 0.1) is 27.1 Å². The molecule has 0 aliphatic heterocycles. The maximum absolute atomic E-state index is 3.79. The van der Waals surface area contributed by atoms with Gasteiger partial charge in [-0.2, -0.15) is 0 Å². The highest BCUT2D eigenvalue weighted by Gasteiger charge is 2.24. The summed E-state index contributed by atoms with van der Waals surface area (Å²) < 4.78 is 4.52. The van der Waals surface area contributed by atoms with Crippen LogP contribution in [0.4, 0.5) is 0 Å². The van der Waals surface area contributed by atoms with Gasteiger partial charge in [-0.25, -0.2) is 0 Å². The second-order valence-corrected chi connectivity index (χ2v) is 36.5. The van der Waals surface area contributed by atoms with E-state index in [9.17, 15) is 0 Å². The number of nitrogens with zero attached hydrogens (tertiary/aromatic N) is 4. The molecule has 0 bridgehead atoms. The van der Waals surface area contributed by atoms with Crippen molar-refractivity contribution < 1.29 is 27.7 Å². The molecule has 0 radical (unpaired) electrons. The zero-order valence-electron chi connectivity index (χ0n) is 66.1.